The Bertz CT molecular complexity index is 914. The lowest BCUT2D eigenvalue weighted by Crippen LogP contribution is -2.24. The molecular weight excluding hydrogens is 322 g/mol. The van der Waals surface area contributed by atoms with Crippen molar-refractivity contribution >= 4 is 15.7 Å². The molecule has 0 aliphatic carbocycles. The summed E-state index contributed by atoms with van der Waals surface area (Å²) in [6.07, 6.45) is 0. The fourth-order valence-electron chi connectivity index (χ4n) is 2.84. The van der Waals surface area contributed by atoms with Crippen molar-refractivity contribution in [2.24, 2.45) is 0 Å². The zero-order valence-corrected chi connectivity index (χ0v) is 14.5. The summed E-state index contributed by atoms with van der Waals surface area (Å²) in [5, 5.41) is 8.95. The Balaban J connectivity index is 1.93. The Kier molecular flexibility index (Phi) is 4.31. The molecule has 0 aromatic heterocycles. The van der Waals surface area contributed by atoms with Gasteiger partial charge in [0, 0.05) is 19.1 Å². The fraction of sp³-hybridized carbons (Fsp3) is 0.278. The van der Waals surface area contributed by atoms with Gasteiger partial charge in [-0.15, -0.1) is 0 Å². The second-order valence-electron chi connectivity index (χ2n) is 6.19. The lowest BCUT2D eigenvalue weighted by molar-refractivity contribution is 0.227. The highest BCUT2D eigenvalue weighted by Gasteiger charge is 2.25. The van der Waals surface area contributed by atoms with Crippen molar-refractivity contribution in [3.63, 3.8) is 0 Å². The zero-order chi connectivity index (χ0) is 17.3. The quantitative estimate of drug-likeness (QED) is 0.927. The first-order valence-electron chi connectivity index (χ1n) is 7.78. The summed E-state index contributed by atoms with van der Waals surface area (Å²) < 4.78 is 28.0. The summed E-state index contributed by atoms with van der Waals surface area (Å²) in [5.41, 5.74) is 3.10. The van der Waals surface area contributed by atoms with Crippen LogP contribution in [-0.4, -0.2) is 19.4 Å². The molecule has 0 radical (unpaired) electrons. The van der Waals surface area contributed by atoms with E-state index in [1.165, 1.54) is 12.1 Å². The number of nitrogens with one attached hydrogen (secondary N) is 1. The lowest BCUT2D eigenvalue weighted by atomic mass is 10.1. The van der Waals surface area contributed by atoms with Crippen molar-refractivity contribution in [2.45, 2.75) is 37.9 Å². The molecule has 6 heteroatoms. The first-order valence-corrected chi connectivity index (χ1v) is 9.27. The van der Waals surface area contributed by atoms with E-state index >= 15 is 0 Å². The predicted molar refractivity (Wildman–Crippen MR) is 92.8 cm³/mol. The van der Waals surface area contributed by atoms with Gasteiger partial charge in [0.2, 0.25) is 0 Å². The third-order valence-corrected chi connectivity index (χ3v) is 5.62. The Labute approximate surface area is 142 Å². The Morgan fingerprint density at radius 3 is 2.62 bits per heavy atom. The number of anilines is 1. The van der Waals surface area contributed by atoms with Crippen LogP contribution < -0.4 is 4.72 Å². The minimum Gasteiger partial charge on any atom is -0.292 e. The van der Waals surface area contributed by atoms with Gasteiger partial charge in [-0.05, 0) is 49.2 Å². The van der Waals surface area contributed by atoms with Crippen molar-refractivity contribution in [2.75, 3.05) is 4.72 Å². The van der Waals surface area contributed by atoms with Gasteiger partial charge in [-0.25, -0.2) is 8.42 Å². The van der Waals surface area contributed by atoms with E-state index in [1.807, 2.05) is 18.2 Å². The second kappa shape index (κ2) is 6.27. The van der Waals surface area contributed by atoms with Crippen LogP contribution in [0.4, 0.5) is 5.69 Å². The molecule has 24 heavy (non-hydrogen) atoms. The molecular formula is C18H19N3O2S. The van der Waals surface area contributed by atoms with E-state index < -0.39 is 10.0 Å². The van der Waals surface area contributed by atoms with Crippen LogP contribution in [0, 0.1) is 11.3 Å². The smallest absolute Gasteiger partial charge is 0.261 e. The molecule has 5 nitrogen and oxygen atoms in total. The van der Waals surface area contributed by atoms with Crippen molar-refractivity contribution in [3.8, 4) is 6.07 Å². The number of nitriles is 1. The first kappa shape index (κ1) is 16.5. The molecule has 1 N–H and O–H groups in total. The summed E-state index contributed by atoms with van der Waals surface area (Å²) in [5.74, 6) is 0. The van der Waals surface area contributed by atoms with Crippen LogP contribution in [0.1, 0.15) is 30.5 Å². The van der Waals surface area contributed by atoms with Crippen molar-refractivity contribution < 1.29 is 8.42 Å². The average molecular weight is 341 g/mol. The van der Waals surface area contributed by atoms with Crippen LogP contribution in [-0.2, 0) is 23.1 Å². The Morgan fingerprint density at radius 1 is 1.17 bits per heavy atom. The standard InChI is InChI=1S/C18H19N3O2S/c1-13(2)21-11-15-6-4-8-18(17(15)12-21)20-24(22,23)16-7-3-5-14(9-16)10-19/h3-9,13,20H,11-12H2,1-2H3. The molecule has 1 heterocycles. The maximum Gasteiger partial charge on any atom is 0.261 e. The molecule has 1 aliphatic rings. The van der Waals surface area contributed by atoms with Gasteiger partial charge in [0.05, 0.1) is 22.2 Å². The SMILES string of the molecule is CC(C)N1Cc2cccc(NS(=O)(=O)c3cccc(C#N)c3)c2C1. The van der Waals surface area contributed by atoms with Crippen LogP contribution in [0.5, 0.6) is 0 Å². The topological polar surface area (TPSA) is 73.2 Å². The molecule has 0 saturated heterocycles. The zero-order valence-electron chi connectivity index (χ0n) is 13.7. The number of benzene rings is 2. The molecule has 0 fully saturated rings. The van der Waals surface area contributed by atoms with E-state index in [1.54, 1.807) is 18.2 Å². The highest BCUT2D eigenvalue weighted by molar-refractivity contribution is 7.92. The van der Waals surface area contributed by atoms with Crippen LogP contribution >= 0.6 is 0 Å². The number of fused-ring (bicyclic) bond motifs is 1. The summed E-state index contributed by atoms with van der Waals surface area (Å²) in [4.78, 5) is 2.39. The third kappa shape index (κ3) is 3.14. The van der Waals surface area contributed by atoms with Crippen molar-refractivity contribution in [1.82, 2.24) is 4.90 Å². The van der Waals surface area contributed by atoms with E-state index in [9.17, 15) is 8.42 Å². The molecule has 1 aliphatic heterocycles. The minimum absolute atomic E-state index is 0.0952. The maximum absolute atomic E-state index is 12.7. The summed E-state index contributed by atoms with van der Waals surface area (Å²) in [6, 6.07) is 14.1. The van der Waals surface area contributed by atoms with E-state index in [0.29, 0.717) is 17.3 Å². The average Bonchev–Trinajstić information content (AvgIpc) is 3.00. The molecule has 0 saturated carbocycles. The number of rotatable bonds is 4. The van der Waals surface area contributed by atoms with Gasteiger partial charge in [-0.2, -0.15) is 5.26 Å². The van der Waals surface area contributed by atoms with Gasteiger partial charge < -0.3 is 0 Å². The summed E-state index contributed by atoms with van der Waals surface area (Å²) in [6.45, 7) is 5.81. The van der Waals surface area contributed by atoms with Gasteiger partial charge in [-0.1, -0.05) is 18.2 Å². The van der Waals surface area contributed by atoms with E-state index in [-0.39, 0.29) is 4.90 Å². The van der Waals surface area contributed by atoms with Gasteiger partial charge in [0.25, 0.3) is 10.0 Å². The van der Waals surface area contributed by atoms with Gasteiger partial charge in [0.15, 0.2) is 0 Å². The van der Waals surface area contributed by atoms with E-state index in [2.05, 4.69) is 23.5 Å². The molecule has 124 valence electrons. The van der Waals surface area contributed by atoms with Crippen LogP contribution in [0.15, 0.2) is 47.4 Å². The monoisotopic (exact) mass is 341 g/mol. The predicted octanol–water partition coefficient (Wildman–Crippen LogP) is 3.08. The Morgan fingerprint density at radius 2 is 1.92 bits per heavy atom. The lowest BCUT2D eigenvalue weighted by Gasteiger charge is -2.19. The molecule has 0 spiro atoms. The first-order chi connectivity index (χ1) is 11.4. The number of hydrogen-bond acceptors (Lipinski definition) is 4. The summed E-state index contributed by atoms with van der Waals surface area (Å²) in [7, 11) is -3.72. The molecule has 0 unspecified atom stereocenters. The number of nitrogens with zero attached hydrogens (tertiary/aromatic N) is 2. The Hall–Kier alpha value is -2.36. The molecule has 2 aromatic carbocycles. The third-order valence-electron chi connectivity index (χ3n) is 4.26. The maximum atomic E-state index is 12.7. The van der Waals surface area contributed by atoms with Crippen molar-refractivity contribution in [3.05, 3.63) is 59.2 Å². The van der Waals surface area contributed by atoms with Crippen LogP contribution in [0.25, 0.3) is 0 Å². The molecule has 0 bridgehead atoms. The molecule has 0 atom stereocenters. The molecule has 2 aromatic rings. The minimum atomic E-state index is -3.72. The normalized spacial score (nSPS) is 14.4. The number of hydrogen-bond donors (Lipinski definition) is 1. The fourth-order valence-corrected chi connectivity index (χ4v) is 3.98. The summed E-state index contributed by atoms with van der Waals surface area (Å²) >= 11 is 0. The largest absolute Gasteiger partial charge is 0.292 e. The van der Waals surface area contributed by atoms with E-state index in [4.69, 9.17) is 5.26 Å². The second-order valence-corrected chi connectivity index (χ2v) is 7.87. The molecule has 0 amide bonds. The van der Waals surface area contributed by atoms with Gasteiger partial charge in [0.1, 0.15) is 0 Å². The molecule has 3 rings (SSSR count). The van der Waals surface area contributed by atoms with Gasteiger partial charge in [-0.3, -0.25) is 9.62 Å². The number of sulfonamides is 1. The highest BCUT2D eigenvalue weighted by Crippen LogP contribution is 2.31. The van der Waals surface area contributed by atoms with Crippen LogP contribution in [0.3, 0.4) is 0 Å². The van der Waals surface area contributed by atoms with Gasteiger partial charge >= 0.3 is 0 Å². The highest BCUT2D eigenvalue weighted by atomic mass is 32.2. The van der Waals surface area contributed by atoms with Crippen LogP contribution in [0.2, 0.25) is 0 Å². The van der Waals surface area contributed by atoms with E-state index in [0.717, 1.165) is 24.2 Å². The van der Waals surface area contributed by atoms with Crippen molar-refractivity contribution in [1.29, 1.82) is 5.26 Å².